The minimum absolute atomic E-state index is 0.00505. The van der Waals surface area contributed by atoms with E-state index in [0.717, 1.165) is 6.07 Å². The van der Waals surface area contributed by atoms with Crippen LogP contribution in [0.15, 0.2) is 51.7 Å². The van der Waals surface area contributed by atoms with Gasteiger partial charge in [0.25, 0.3) is 0 Å². The van der Waals surface area contributed by atoms with Crippen LogP contribution in [-0.2, 0) is 14.2 Å². The van der Waals surface area contributed by atoms with Gasteiger partial charge in [0.2, 0.25) is 6.29 Å². The van der Waals surface area contributed by atoms with Gasteiger partial charge < -0.3 is 69.3 Å². The number of aliphatic hydroxyl groups excluding tert-OH is 7. The van der Waals surface area contributed by atoms with E-state index in [1.165, 1.54) is 36.4 Å². The number of phenolic OH excluding ortho intramolecular Hbond substituents is 2. The molecule has 10 atom stereocenters. The van der Waals surface area contributed by atoms with Crippen molar-refractivity contribution in [1.82, 2.24) is 0 Å². The van der Waals surface area contributed by atoms with Crippen molar-refractivity contribution in [2.24, 2.45) is 0 Å². The quantitative estimate of drug-likeness (QED) is 0.142. The summed E-state index contributed by atoms with van der Waals surface area (Å²) in [6, 6.07) is 9.31. The van der Waals surface area contributed by atoms with Crippen molar-refractivity contribution in [1.29, 1.82) is 0 Å². The smallest absolute Gasteiger partial charge is 0.229 e. The third-order valence-corrected chi connectivity index (χ3v) is 7.13. The molecule has 15 heteroatoms. The zero-order valence-corrected chi connectivity index (χ0v) is 21.7. The highest BCUT2D eigenvalue weighted by atomic mass is 16.7. The normalized spacial score (nSPS) is 33.5. The van der Waals surface area contributed by atoms with Gasteiger partial charge in [-0.05, 0) is 24.3 Å². The van der Waals surface area contributed by atoms with Crippen LogP contribution in [0.3, 0.4) is 0 Å². The standard InChI is InChI=1S/C27H30O15/c28-8-17-20(32)22(34)24(36)26(41-17)38-9-18-21(33)23(35)25(37)27(42-18)39-12-5-13(30)19-14(31)7-15(40-16(19)6-12)10-1-3-11(29)4-2-10/h1-7,17-18,20-30,32-37H,8-9H2/t17-,18-,20-,21-,22+,23+,24-,25-,26+,27-/m1/s1. The minimum atomic E-state index is -1.81. The van der Waals surface area contributed by atoms with E-state index < -0.39 is 85.8 Å². The fourth-order valence-electron chi connectivity index (χ4n) is 4.76. The highest BCUT2D eigenvalue weighted by Gasteiger charge is 2.48. The monoisotopic (exact) mass is 594 g/mol. The van der Waals surface area contributed by atoms with Crippen LogP contribution in [0, 0.1) is 0 Å². The van der Waals surface area contributed by atoms with Crippen molar-refractivity contribution < 1.29 is 69.3 Å². The molecule has 15 nitrogen and oxygen atoms in total. The van der Waals surface area contributed by atoms with Gasteiger partial charge in [-0.1, -0.05) is 0 Å². The molecule has 3 aromatic rings. The second-order valence-electron chi connectivity index (χ2n) is 10.0. The number of ether oxygens (including phenoxy) is 4. The van der Waals surface area contributed by atoms with Crippen LogP contribution in [0.4, 0.5) is 0 Å². The zero-order valence-electron chi connectivity index (χ0n) is 21.7. The van der Waals surface area contributed by atoms with E-state index in [1.54, 1.807) is 0 Å². The summed E-state index contributed by atoms with van der Waals surface area (Å²) < 4.78 is 27.7. The van der Waals surface area contributed by atoms with Crippen molar-refractivity contribution in [3.63, 3.8) is 0 Å². The lowest BCUT2D eigenvalue weighted by Gasteiger charge is -2.42. The summed E-state index contributed by atoms with van der Waals surface area (Å²) in [5.74, 6) is -0.526. The third kappa shape index (κ3) is 5.80. The molecule has 0 radical (unpaired) electrons. The van der Waals surface area contributed by atoms with Crippen molar-refractivity contribution in [2.45, 2.75) is 61.4 Å². The fraction of sp³-hybridized carbons (Fsp3) is 0.444. The van der Waals surface area contributed by atoms with Crippen LogP contribution in [-0.4, -0.2) is 121 Å². The predicted molar refractivity (Wildman–Crippen MR) is 138 cm³/mol. The second-order valence-corrected chi connectivity index (χ2v) is 10.0. The van der Waals surface area contributed by atoms with E-state index in [9.17, 15) is 50.8 Å². The molecule has 0 saturated carbocycles. The molecule has 9 N–H and O–H groups in total. The molecule has 0 unspecified atom stereocenters. The lowest BCUT2D eigenvalue weighted by molar-refractivity contribution is -0.323. The van der Waals surface area contributed by atoms with Crippen LogP contribution in [0.25, 0.3) is 22.3 Å². The van der Waals surface area contributed by atoms with E-state index >= 15 is 0 Å². The summed E-state index contributed by atoms with van der Waals surface area (Å²) in [4.78, 5) is 12.7. The highest BCUT2D eigenvalue weighted by molar-refractivity contribution is 5.86. The van der Waals surface area contributed by atoms with Crippen molar-refractivity contribution >= 4 is 11.0 Å². The maximum Gasteiger partial charge on any atom is 0.229 e. The zero-order chi connectivity index (χ0) is 30.3. The molecular weight excluding hydrogens is 564 g/mol. The molecule has 228 valence electrons. The van der Waals surface area contributed by atoms with Gasteiger partial charge in [0, 0.05) is 23.8 Å². The second kappa shape index (κ2) is 12.1. The molecular formula is C27H30O15. The van der Waals surface area contributed by atoms with Crippen LogP contribution < -0.4 is 10.2 Å². The third-order valence-electron chi connectivity index (χ3n) is 7.13. The lowest BCUT2D eigenvalue weighted by atomic mass is 9.98. The molecule has 2 aliphatic heterocycles. The van der Waals surface area contributed by atoms with Gasteiger partial charge in [-0.3, -0.25) is 4.79 Å². The number of fused-ring (bicyclic) bond motifs is 1. The molecule has 0 aliphatic carbocycles. The number of hydrogen-bond acceptors (Lipinski definition) is 15. The topological polar surface area (TPSA) is 249 Å². The molecule has 1 aromatic heterocycles. The Hall–Kier alpha value is -3.35. The Morgan fingerprint density at radius 1 is 0.738 bits per heavy atom. The van der Waals surface area contributed by atoms with E-state index in [2.05, 4.69) is 0 Å². The number of rotatable bonds is 7. The number of aliphatic hydroxyl groups is 7. The summed E-state index contributed by atoms with van der Waals surface area (Å²) in [7, 11) is 0. The fourth-order valence-corrected chi connectivity index (χ4v) is 4.76. The Bertz CT molecular complexity index is 1440. The van der Waals surface area contributed by atoms with E-state index in [0.29, 0.717) is 5.56 Å². The summed E-state index contributed by atoms with van der Waals surface area (Å²) >= 11 is 0. The molecule has 2 saturated heterocycles. The number of hydrogen-bond donors (Lipinski definition) is 9. The molecule has 42 heavy (non-hydrogen) atoms. The number of aromatic hydroxyl groups is 2. The Balaban J connectivity index is 1.34. The Morgan fingerprint density at radius 2 is 1.36 bits per heavy atom. The summed E-state index contributed by atoms with van der Waals surface area (Å²) in [6.45, 7) is -1.26. The lowest BCUT2D eigenvalue weighted by Crippen LogP contribution is -2.62. The van der Waals surface area contributed by atoms with E-state index in [4.69, 9.17) is 23.4 Å². The van der Waals surface area contributed by atoms with Gasteiger partial charge in [0.15, 0.2) is 11.7 Å². The van der Waals surface area contributed by atoms with Crippen LogP contribution in [0.2, 0.25) is 0 Å². The Labute approximate surface area is 236 Å². The molecule has 0 amide bonds. The van der Waals surface area contributed by atoms with Crippen LogP contribution in [0.5, 0.6) is 17.2 Å². The average Bonchev–Trinajstić information content (AvgIpc) is 2.96. The minimum Gasteiger partial charge on any atom is -0.508 e. The molecule has 5 rings (SSSR count). The largest absolute Gasteiger partial charge is 0.508 e. The Kier molecular flexibility index (Phi) is 8.68. The molecule has 0 bridgehead atoms. The van der Waals surface area contributed by atoms with Gasteiger partial charge in [-0.25, -0.2) is 0 Å². The molecule has 3 heterocycles. The molecule has 2 aliphatic rings. The summed E-state index contributed by atoms with van der Waals surface area (Å²) in [5, 5.41) is 90.6. The first-order valence-electron chi connectivity index (χ1n) is 12.9. The maximum atomic E-state index is 12.7. The van der Waals surface area contributed by atoms with Gasteiger partial charge >= 0.3 is 0 Å². The van der Waals surface area contributed by atoms with Crippen molar-refractivity contribution in [3.05, 3.63) is 52.7 Å². The predicted octanol–water partition coefficient (Wildman–Crippen LogP) is -2.13. The van der Waals surface area contributed by atoms with Gasteiger partial charge in [-0.2, -0.15) is 0 Å². The van der Waals surface area contributed by atoms with Gasteiger partial charge in [-0.15, -0.1) is 0 Å². The first kappa shape index (κ1) is 30.1. The van der Waals surface area contributed by atoms with Crippen LogP contribution >= 0.6 is 0 Å². The highest BCUT2D eigenvalue weighted by Crippen LogP contribution is 2.34. The molecule has 2 aromatic carbocycles. The number of benzene rings is 2. The Morgan fingerprint density at radius 3 is 2.02 bits per heavy atom. The SMILES string of the molecule is O=c1cc(-c2ccc(O)cc2)oc2cc(O[C@@H]3O[C@H](CO[C@H]4O[C@H](CO)[C@@H](O)[C@H](O)[C@H]4O)[C@@H](O)[C@H](O)[C@H]3O)cc(O)c12. The van der Waals surface area contributed by atoms with Gasteiger partial charge in [0.1, 0.15) is 82.8 Å². The van der Waals surface area contributed by atoms with Crippen molar-refractivity contribution in [2.75, 3.05) is 13.2 Å². The number of phenols is 2. The average molecular weight is 595 g/mol. The van der Waals surface area contributed by atoms with E-state index in [-0.39, 0.29) is 28.2 Å². The maximum absolute atomic E-state index is 12.7. The van der Waals surface area contributed by atoms with Crippen LogP contribution in [0.1, 0.15) is 0 Å². The molecule has 0 spiro atoms. The first-order chi connectivity index (χ1) is 20.0. The molecule has 2 fully saturated rings. The van der Waals surface area contributed by atoms with Crippen molar-refractivity contribution in [3.8, 4) is 28.6 Å². The first-order valence-corrected chi connectivity index (χ1v) is 12.9. The van der Waals surface area contributed by atoms with Gasteiger partial charge in [0.05, 0.1) is 13.2 Å². The summed E-state index contributed by atoms with van der Waals surface area (Å²) in [5.41, 5.74) is -0.196. The van der Waals surface area contributed by atoms with E-state index in [1.807, 2.05) is 0 Å². The summed E-state index contributed by atoms with van der Waals surface area (Å²) in [6.07, 6.45) is -16.2.